The quantitative estimate of drug-likeness (QED) is 0.542. The van der Waals surface area contributed by atoms with Gasteiger partial charge in [0.25, 0.3) is 0 Å². The Morgan fingerprint density at radius 1 is 1.67 bits per heavy atom. The minimum absolute atomic E-state index is 0.627. The fraction of sp³-hybridized carbons (Fsp3) is 0.600. The molecule has 1 N–H and O–H groups in total. The molecule has 0 aliphatic carbocycles. The predicted molar refractivity (Wildman–Crippen MR) is 39.0 cm³/mol. The lowest BCUT2D eigenvalue weighted by atomic mass is 10.3. The zero-order valence-corrected chi connectivity index (χ0v) is 5.94. The van der Waals surface area contributed by atoms with E-state index < -0.39 is 0 Å². The summed E-state index contributed by atoms with van der Waals surface area (Å²) in [6, 6.07) is 0. The van der Waals surface area contributed by atoms with Crippen molar-refractivity contribution < 1.29 is 0 Å². The van der Waals surface area contributed by atoms with Gasteiger partial charge in [-0.05, 0) is 0 Å². The molecule has 4 heteroatoms. The van der Waals surface area contributed by atoms with E-state index >= 15 is 0 Å². The molecule has 0 bridgehead atoms. The molecule has 0 spiro atoms. The zero-order valence-electron chi connectivity index (χ0n) is 5.19. The molecule has 0 aromatic rings. The number of nitrogens with zero attached hydrogens (tertiary/aromatic N) is 2. The maximum Gasteiger partial charge on any atom is 0.127 e. The van der Waals surface area contributed by atoms with Crippen molar-refractivity contribution in [3.63, 3.8) is 0 Å². The molecular formula is C5H8ClN3. The second-order valence-corrected chi connectivity index (χ2v) is 2.21. The summed E-state index contributed by atoms with van der Waals surface area (Å²) in [5.41, 5.74) is 2.72. The van der Waals surface area contributed by atoms with Crippen LogP contribution in [0.5, 0.6) is 0 Å². The minimum Gasteiger partial charge on any atom is -0.274 e. The molecule has 0 saturated heterocycles. The van der Waals surface area contributed by atoms with Gasteiger partial charge in [0.2, 0.25) is 0 Å². The topological polar surface area (TPSA) is 36.8 Å². The van der Waals surface area contributed by atoms with Crippen LogP contribution in [0.15, 0.2) is 10.1 Å². The standard InChI is InChI=1S/C5H8ClN3/c1-7-5-3-2-4(6)8-9-5/h2-3H2,1H3,(H,7,9). The molecule has 0 saturated carbocycles. The second kappa shape index (κ2) is 2.82. The Kier molecular flexibility index (Phi) is 2.05. The summed E-state index contributed by atoms with van der Waals surface area (Å²) < 4.78 is 0. The summed E-state index contributed by atoms with van der Waals surface area (Å²) in [7, 11) is 1.73. The molecule has 1 heterocycles. The number of halogens is 1. The van der Waals surface area contributed by atoms with Crippen LogP contribution in [0, 0.1) is 0 Å². The minimum atomic E-state index is 0.627. The summed E-state index contributed by atoms with van der Waals surface area (Å²) in [5.74, 6) is 0.902. The smallest absolute Gasteiger partial charge is 0.127 e. The maximum atomic E-state index is 5.57. The third-order valence-corrected chi connectivity index (χ3v) is 1.42. The Morgan fingerprint density at radius 2 is 2.44 bits per heavy atom. The molecule has 0 fully saturated rings. The van der Waals surface area contributed by atoms with E-state index in [1.54, 1.807) is 7.05 Å². The molecular weight excluding hydrogens is 138 g/mol. The fourth-order valence-corrected chi connectivity index (χ4v) is 0.757. The number of nitrogens with one attached hydrogen (secondary N) is 1. The molecule has 1 aliphatic rings. The molecule has 1 aliphatic heterocycles. The lowest BCUT2D eigenvalue weighted by Crippen LogP contribution is -2.23. The van der Waals surface area contributed by atoms with Crippen LogP contribution in [0.4, 0.5) is 0 Å². The van der Waals surface area contributed by atoms with Gasteiger partial charge in [-0.15, -0.1) is 0 Å². The largest absolute Gasteiger partial charge is 0.274 e. The van der Waals surface area contributed by atoms with Crippen molar-refractivity contribution in [1.29, 1.82) is 0 Å². The molecule has 0 atom stereocenters. The Balaban J connectivity index is 2.56. The Bertz CT molecular complexity index is 162. The molecule has 50 valence electrons. The molecule has 0 aromatic carbocycles. The third-order valence-electron chi connectivity index (χ3n) is 1.14. The van der Waals surface area contributed by atoms with E-state index in [1.165, 1.54) is 0 Å². The van der Waals surface area contributed by atoms with Gasteiger partial charge >= 0.3 is 0 Å². The van der Waals surface area contributed by atoms with Gasteiger partial charge in [0.05, 0.1) is 0 Å². The van der Waals surface area contributed by atoms with Crippen LogP contribution in [0.2, 0.25) is 0 Å². The van der Waals surface area contributed by atoms with Gasteiger partial charge in [0.15, 0.2) is 0 Å². The Hall–Kier alpha value is -0.570. The normalized spacial score (nSPS) is 23.3. The molecule has 3 nitrogen and oxygen atoms in total. The zero-order chi connectivity index (χ0) is 6.69. The SMILES string of the molecule is CN=C1CCC(Cl)=NN1. The highest BCUT2D eigenvalue weighted by atomic mass is 35.5. The van der Waals surface area contributed by atoms with Crippen LogP contribution in [0.25, 0.3) is 0 Å². The van der Waals surface area contributed by atoms with Crippen LogP contribution >= 0.6 is 11.6 Å². The highest BCUT2D eigenvalue weighted by Crippen LogP contribution is 2.02. The number of hydrazone groups is 1. The molecule has 0 radical (unpaired) electrons. The molecule has 0 aromatic heterocycles. The van der Waals surface area contributed by atoms with E-state index in [9.17, 15) is 0 Å². The van der Waals surface area contributed by atoms with Crippen molar-refractivity contribution in [2.24, 2.45) is 10.1 Å². The van der Waals surface area contributed by atoms with Crippen molar-refractivity contribution in [1.82, 2.24) is 5.43 Å². The number of hydrogen-bond donors (Lipinski definition) is 1. The summed E-state index contributed by atoms with van der Waals surface area (Å²) in [6.07, 6.45) is 1.68. The van der Waals surface area contributed by atoms with Gasteiger partial charge in [-0.2, -0.15) is 5.10 Å². The van der Waals surface area contributed by atoms with Gasteiger partial charge in [0, 0.05) is 19.9 Å². The number of rotatable bonds is 0. The highest BCUT2D eigenvalue weighted by molar-refractivity contribution is 6.65. The summed E-state index contributed by atoms with van der Waals surface area (Å²) in [4.78, 5) is 3.92. The molecule has 1 rings (SSSR count). The van der Waals surface area contributed by atoms with E-state index in [4.69, 9.17) is 11.6 Å². The Morgan fingerprint density at radius 3 is 2.89 bits per heavy atom. The van der Waals surface area contributed by atoms with Crippen LogP contribution in [0.1, 0.15) is 12.8 Å². The van der Waals surface area contributed by atoms with Gasteiger partial charge < -0.3 is 0 Å². The van der Waals surface area contributed by atoms with Gasteiger partial charge in [-0.1, -0.05) is 11.6 Å². The average Bonchev–Trinajstić information content (AvgIpc) is 1.90. The van der Waals surface area contributed by atoms with Crippen LogP contribution in [-0.4, -0.2) is 18.1 Å². The van der Waals surface area contributed by atoms with Gasteiger partial charge in [0.1, 0.15) is 11.0 Å². The van der Waals surface area contributed by atoms with E-state index in [0.29, 0.717) is 5.17 Å². The fourth-order valence-electron chi connectivity index (χ4n) is 0.620. The van der Waals surface area contributed by atoms with Crippen molar-refractivity contribution in [3.05, 3.63) is 0 Å². The monoisotopic (exact) mass is 145 g/mol. The van der Waals surface area contributed by atoms with Crippen LogP contribution in [0.3, 0.4) is 0 Å². The maximum absolute atomic E-state index is 5.57. The van der Waals surface area contributed by atoms with Crippen molar-refractivity contribution in [2.75, 3.05) is 7.05 Å². The van der Waals surface area contributed by atoms with E-state index in [-0.39, 0.29) is 0 Å². The average molecular weight is 146 g/mol. The van der Waals surface area contributed by atoms with E-state index in [2.05, 4.69) is 15.5 Å². The first kappa shape index (κ1) is 6.55. The number of amidine groups is 1. The number of hydrogen-bond acceptors (Lipinski definition) is 2. The van der Waals surface area contributed by atoms with Crippen LogP contribution in [-0.2, 0) is 0 Å². The third kappa shape index (κ3) is 1.68. The molecule has 0 unspecified atom stereocenters. The van der Waals surface area contributed by atoms with Crippen molar-refractivity contribution in [3.8, 4) is 0 Å². The van der Waals surface area contributed by atoms with Gasteiger partial charge in [-0.25, -0.2) is 0 Å². The summed E-state index contributed by atoms with van der Waals surface area (Å²) in [6.45, 7) is 0. The first-order valence-corrected chi connectivity index (χ1v) is 3.14. The molecule has 9 heavy (non-hydrogen) atoms. The molecule has 0 amide bonds. The van der Waals surface area contributed by atoms with Crippen LogP contribution < -0.4 is 5.43 Å². The first-order chi connectivity index (χ1) is 4.33. The number of aliphatic imine (C=N–C) groups is 1. The lowest BCUT2D eigenvalue weighted by Gasteiger charge is -2.09. The second-order valence-electron chi connectivity index (χ2n) is 1.77. The van der Waals surface area contributed by atoms with E-state index in [1.807, 2.05) is 0 Å². The van der Waals surface area contributed by atoms with Gasteiger partial charge in [-0.3, -0.25) is 10.4 Å². The van der Waals surface area contributed by atoms with Crippen molar-refractivity contribution in [2.45, 2.75) is 12.8 Å². The Labute approximate surface area is 58.8 Å². The highest BCUT2D eigenvalue weighted by Gasteiger charge is 2.05. The summed E-state index contributed by atoms with van der Waals surface area (Å²) >= 11 is 5.57. The first-order valence-electron chi connectivity index (χ1n) is 2.76. The summed E-state index contributed by atoms with van der Waals surface area (Å²) in [5, 5.41) is 4.41. The lowest BCUT2D eigenvalue weighted by molar-refractivity contribution is 0.908. The predicted octanol–water partition coefficient (Wildman–Crippen LogP) is 0.950. The van der Waals surface area contributed by atoms with E-state index in [0.717, 1.165) is 18.7 Å². The van der Waals surface area contributed by atoms with Crippen molar-refractivity contribution >= 4 is 22.6 Å².